The molecule has 125 valence electrons. The van der Waals surface area contributed by atoms with Crippen LogP contribution in [-0.2, 0) is 13.1 Å². The standard InChI is InChI=1S/C7H6I2O.C6H2Cl3N.2ClH.V/c1-4-2-5(8)3-6(9)7(4)10;7-3-1-4(8)6(10)5(9)2-3;;;/h2-3,10H,1H3;1-2H;2*1H;/q;;;;+2/p-2. The molecule has 0 unspecified atom stereocenters. The van der Waals surface area contributed by atoms with Gasteiger partial charge in [-0.15, -0.1) is 0 Å². The number of phenolic OH excluding ortho intramolecular Hbond substituents is 1. The van der Waals surface area contributed by atoms with E-state index in [1.165, 1.54) is 0 Å². The van der Waals surface area contributed by atoms with Gasteiger partial charge in [0.2, 0.25) is 0 Å². The zero-order valence-corrected chi connectivity index (χ0v) is 20.8. The molecule has 0 heterocycles. The van der Waals surface area contributed by atoms with Crippen molar-refractivity contribution in [2.45, 2.75) is 6.92 Å². The predicted molar refractivity (Wildman–Crippen MR) is 114 cm³/mol. The quantitative estimate of drug-likeness (QED) is 0.303. The number of nitrogens with zero attached hydrogens (tertiary/aromatic N) is 1. The average molecular weight is 676 g/mol. The zero-order chi connectivity index (χ0) is 17.7. The molecule has 0 atom stereocenters. The molecule has 0 radical (unpaired) electrons. The summed E-state index contributed by atoms with van der Waals surface area (Å²) in [6.07, 6.45) is 0. The normalized spacial score (nSPS) is 9.91. The summed E-state index contributed by atoms with van der Waals surface area (Å²) in [5, 5.41) is 10.5. The van der Waals surface area contributed by atoms with Gasteiger partial charge in [0.1, 0.15) is 5.75 Å². The molecule has 0 bridgehead atoms. The van der Waals surface area contributed by atoms with E-state index in [0.29, 0.717) is 26.5 Å². The van der Waals surface area contributed by atoms with Gasteiger partial charge in [-0.1, -0.05) is 0 Å². The number of hydrogen-bond donors (Lipinski definition) is 1. The van der Waals surface area contributed by atoms with E-state index in [0.717, 1.165) is 12.7 Å². The fourth-order valence-electron chi connectivity index (χ4n) is 1.40. The van der Waals surface area contributed by atoms with Crippen molar-refractivity contribution in [2.75, 3.05) is 0 Å². The summed E-state index contributed by atoms with van der Waals surface area (Å²) < 4.78 is 6.04. The van der Waals surface area contributed by atoms with Gasteiger partial charge in [-0.05, 0) is 69.8 Å². The van der Waals surface area contributed by atoms with Crippen LogP contribution in [0.5, 0.6) is 5.75 Å². The Labute approximate surface area is 189 Å². The molecule has 0 aliphatic rings. The van der Waals surface area contributed by atoms with Crippen molar-refractivity contribution >= 4 is 105 Å². The number of phenols is 1. The summed E-state index contributed by atoms with van der Waals surface area (Å²) in [7, 11) is 11.2. The van der Waals surface area contributed by atoms with Crippen LogP contribution in [0.1, 0.15) is 5.56 Å². The third kappa shape index (κ3) is 7.75. The molecular formula is C13H8Cl5I2NOV. The van der Waals surface area contributed by atoms with Crippen molar-refractivity contribution in [3.8, 4) is 5.75 Å². The number of rotatable bonds is 1. The maximum absolute atomic E-state index is 9.32. The Kier molecular flexibility index (Phi) is 10.4. The maximum atomic E-state index is 9.32. The molecule has 2 rings (SSSR count). The third-order valence-electron chi connectivity index (χ3n) is 2.38. The van der Waals surface area contributed by atoms with Crippen LogP contribution in [0, 0.1) is 14.1 Å². The van der Waals surface area contributed by atoms with E-state index in [9.17, 15) is 5.11 Å². The molecule has 0 spiro atoms. The van der Waals surface area contributed by atoms with Crippen LogP contribution in [0.25, 0.3) is 0 Å². The summed E-state index contributed by atoms with van der Waals surface area (Å²) in [4.78, 5) is 0. The van der Waals surface area contributed by atoms with Gasteiger partial charge in [-0.2, -0.15) is 0 Å². The first kappa shape index (κ1) is 22.6. The Hall–Kier alpha value is 1.53. The Morgan fingerprint density at radius 1 is 1.00 bits per heavy atom. The summed E-state index contributed by atoms with van der Waals surface area (Å²) in [5.41, 5.74) is 1.36. The molecule has 1 N–H and O–H groups in total. The van der Waals surface area contributed by atoms with Crippen LogP contribution in [0.4, 0.5) is 5.69 Å². The van der Waals surface area contributed by atoms with Crippen molar-refractivity contribution in [3.05, 3.63) is 52.0 Å². The topological polar surface area (TPSA) is 32.6 Å². The van der Waals surface area contributed by atoms with Crippen molar-refractivity contribution in [2.24, 2.45) is 3.79 Å². The van der Waals surface area contributed by atoms with E-state index in [4.69, 9.17) is 54.5 Å². The SMILES string of the molecule is Cc1cc(I)cc(I)c1O.Clc1cc(Cl)c([N]=[V]([Cl])[Cl])c(Cl)c1. The zero-order valence-electron chi connectivity index (χ0n) is 11.3. The van der Waals surface area contributed by atoms with Crippen molar-refractivity contribution in [1.82, 2.24) is 0 Å². The first-order valence-electron chi connectivity index (χ1n) is 5.74. The second kappa shape index (κ2) is 10.6. The molecule has 0 aromatic heterocycles. The van der Waals surface area contributed by atoms with Gasteiger partial charge in [-0.25, -0.2) is 0 Å². The molecule has 2 aromatic rings. The van der Waals surface area contributed by atoms with Gasteiger partial charge in [0.25, 0.3) is 0 Å². The summed E-state index contributed by atoms with van der Waals surface area (Å²) in [5.74, 6) is 0.404. The van der Waals surface area contributed by atoms with E-state index in [1.54, 1.807) is 12.1 Å². The van der Waals surface area contributed by atoms with Gasteiger partial charge < -0.3 is 5.11 Å². The Morgan fingerprint density at radius 2 is 1.52 bits per heavy atom. The molecule has 0 saturated heterocycles. The number of aromatic hydroxyl groups is 1. The molecule has 0 aliphatic carbocycles. The van der Waals surface area contributed by atoms with Crippen LogP contribution < -0.4 is 0 Å². The number of benzene rings is 2. The minimum absolute atomic E-state index is 0.359. The van der Waals surface area contributed by atoms with Gasteiger partial charge >= 0.3 is 104 Å². The minimum atomic E-state index is -2.17. The first-order valence-corrected chi connectivity index (χ1v) is 13.5. The number of halogens is 7. The van der Waals surface area contributed by atoms with Crippen LogP contribution >= 0.6 is 99.7 Å². The van der Waals surface area contributed by atoms with E-state index in [1.807, 2.05) is 19.1 Å². The van der Waals surface area contributed by atoms with Crippen LogP contribution in [-0.4, -0.2) is 5.11 Å². The van der Waals surface area contributed by atoms with Crippen molar-refractivity contribution in [3.63, 3.8) is 0 Å². The third-order valence-corrected chi connectivity index (χ3v) is 5.79. The van der Waals surface area contributed by atoms with Crippen LogP contribution in [0.2, 0.25) is 15.1 Å². The molecule has 10 heteroatoms. The molecule has 2 aromatic carbocycles. The number of hydrogen-bond acceptors (Lipinski definition) is 2. The predicted octanol–water partition coefficient (Wildman–Crippen LogP) is 8.30. The second-order valence-electron chi connectivity index (χ2n) is 4.09. The van der Waals surface area contributed by atoms with E-state index >= 15 is 0 Å². The van der Waals surface area contributed by atoms with Crippen molar-refractivity contribution in [1.29, 1.82) is 0 Å². The van der Waals surface area contributed by atoms with Crippen molar-refractivity contribution < 1.29 is 18.2 Å². The Morgan fingerprint density at radius 3 is 1.96 bits per heavy atom. The summed E-state index contributed by atoms with van der Waals surface area (Å²) in [6, 6.07) is 6.99. The molecule has 0 saturated carbocycles. The van der Waals surface area contributed by atoms with Gasteiger partial charge in [0, 0.05) is 3.57 Å². The average Bonchev–Trinajstić information content (AvgIpc) is 2.40. The molecule has 0 aliphatic heterocycles. The van der Waals surface area contributed by atoms with Crippen LogP contribution in [0.15, 0.2) is 28.1 Å². The second-order valence-corrected chi connectivity index (χ2v) is 12.1. The fraction of sp³-hybridized carbons (Fsp3) is 0.0769. The first-order chi connectivity index (χ1) is 10.6. The monoisotopic (exact) mass is 674 g/mol. The molecule has 0 fully saturated rings. The molecule has 2 nitrogen and oxygen atoms in total. The van der Waals surface area contributed by atoms with E-state index in [-0.39, 0.29) is 0 Å². The molecular weight excluding hydrogens is 668 g/mol. The Bertz CT molecular complexity index is 707. The van der Waals surface area contributed by atoms with E-state index in [2.05, 4.69) is 49.0 Å². The van der Waals surface area contributed by atoms with Crippen LogP contribution in [0.3, 0.4) is 0 Å². The molecule has 0 amide bonds. The number of aryl methyl sites for hydroxylation is 1. The summed E-state index contributed by atoms with van der Waals surface area (Å²) >= 11 is 19.5. The van der Waals surface area contributed by atoms with E-state index < -0.39 is 13.1 Å². The van der Waals surface area contributed by atoms with Gasteiger partial charge in [0.05, 0.1) is 3.57 Å². The Balaban J connectivity index is 0.000000238. The molecule has 23 heavy (non-hydrogen) atoms. The van der Waals surface area contributed by atoms with Gasteiger partial charge in [0.15, 0.2) is 0 Å². The van der Waals surface area contributed by atoms with Gasteiger partial charge in [-0.3, -0.25) is 0 Å². The summed E-state index contributed by atoms with van der Waals surface area (Å²) in [6.45, 7) is 1.90. The fourth-order valence-corrected chi connectivity index (χ4v) is 5.82.